The summed E-state index contributed by atoms with van der Waals surface area (Å²) < 4.78 is 0. The van der Waals surface area contributed by atoms with E-state index in [1.165, 1.54) is 0 Å². The van der Waals surface area contributed by atoms with Crippen LogP contribution in [-0.2, 0) is 14.4 Å². The van der Waals surface area contributed by atoms with Crippen LogP contribution in [0.1, 0.15) is 38.5 Å². The van der Waals surface area contributed by atoms with Crippen LogP contribution in [-0.4, -0.2) is 49.6 Å². The van der Waals surface area contributed by atoms with Crippen LogP contribution in [0.2, 0.25) is 0 Å². The molecule has 6 unspecified atom stereocenters. The van der Waals surface area contributed by atoms with E-state index in [1.54, 1.807) is 0 Å². The number of hydrogen-bond donors (Lipinski definition) is 5. The van der Waals surface area contributed by atoms with E-state index >= 15 is 0 Å². The van der Waals surface area contributed by atoms with Gasteiger partial charge >= 0.3 is 0 Å². The van der Waals surface area contributed by atoms with Crippen molar-refractivity contribution < 1.29 is 34.8 Å². The minimum Gasteiger partial charge on any atom is -0.508 e. The van der Waals surface area contributed by atoms with Crippen molar-refractivity contribution in [2.45, 2.75) is 50.2 Å². The summed E-state index contributed by atoms with van der Waals surface area (Å²) in [5.41, 5.74) is 2.03. The number of aliphatic hydroxyl groups excluding tert-OH is 3. The minimum absolute atomic E-state index is 0.000620. The van der Waals surface area contributed by atoms with Crippen LogP contribution < -0.4 is 5.73 Å². The molecule has 4 aliphatic carbocycles. The number of aliphatic hydroxyl groups is 4. The molecule has 2 saturated carbocycles. The van der Waals surface area contributed by atoms with Crippen molar-refractivity contribution in [3.63, 3.8) is 0 Å². The summed E-state index contributed by atoms with van der Waals surface area (Å²) in [7, 11) is 0. The average molecular weight is 377 g/mol. The molecule has 146 valence electrons. The molecule has 0 aliphatic heterocycles. The first-order chi connectivity index (χ1) is 12.7. The summed E-state index contributed by atoms with van der Waals surface area (Å²) >= 11 is 0. The summed E-state index contributed by atoms with van der Waals surface area (Å²) in [6.45, 7) is 0. The lowest BCUT2D eigenvalue weighted by Gasteiger charge is -2.49. The van der Waals surface area contributed by atoms with Crippen molar-refractivity contribution in [3.8, 4) is 0 Å². The molecule has 27 heavy (non-hydrogen) atoms. The lowest BCUT2D eigenvalue weighted by molar-refractivity contribution is -0.135. The Morgan fingerprint density at radius 2 is 1.81 bits per heavy atom. The molecule has 0 spiro atoms. The Morgan fingerprint density at radius 3 is 2.48 bits per heavy atom. The molecule has 0 radical (unpaired) electrons. The number of amides is 1. The van der Waals surface area contributed by atoms with Gasteiger partial charge in [0.25, 0.3) is 5.91 Å². The first-order valence-electron chi connectivity index (χ1n) is 9.32. The van der Waals surface area contributed by atoms with E-state index in [9.17, 15) is 34.8 Å². The molecule has 2 fully saturated rings. The van der Waals surface area contributed by atoms with E-state index in [2.05, 4.69) is 0 Å². The van der Waals surface area contributed by atoms with Gasteiger partial charge in [-0.25, -0.2) is 0 Å². The normalized spacial score (nSPS) is 41.8. The first kappa shape index (κ1) is 18.2. The predicted molar refractivity (Wildman–Crippen MR) is 91.1 cm³/mol. The Bertz CT molecular complexity index is 813. The van der Waals surface area contributed by atoms with Crippen molar-refractivity contribution in [3.05, 3.63) is 22.7 Å². The second-order valence-corrected chi connectivity index (χ2v) is 8.26. The van der Waals surface area contributed by atoms with E-state index in [0.717, 1.165) is 12.8 Å². The SMILES string of the molecule is NC(=O)C1=C(O)C2(O)C(O)=C3C(=O)C4C(O)CCCC4CC3CC2CC1=O. The number of fused-ring (bicyclic) bond motifs is 3. The molecule has 0 aromatic rings. The molecule has 8 nitrogen and oxygen atoms in total. The van der Waals surface area contributed by atoms with Gasteiger partial charge in [-0.2, -0.15) is 0 Å². The number of Topliss-reactive ketones (excluding diaryl/α,β-unsaturated/α-hetero) is 2. The van der Waals surface area contributed by atoms with Gasteiger partial charge in [0.05, 0.1) is 12.0 Å². The Labute approximate surface area is 155 Å². The van der Waals surface area contributed by atoms with Crippen LogP contribution in [0, 0.1) is 23.7 Å². The highest BCUT2D eigenvalue weighted by Crippen LogP contribution is 2.54. The van der Waals surface area contributed by atoms with Crippen molar-refractivity contribution in [2.24, 2.45) is 29.4 Å². The van der Waals surface area contributed by atoms with Gasteiger partial charge in [-0.1, -0.05) is 6.42 Å². The van der Waals surface area contributed by atoms with Gasteiger partial charge in [0.2, 0.25) is 0 Å². The van der Waals surface area contributed by atoms with Crippen molar-refractivity contribution in [1.82, 2.24) is 0 Å². The Kier molecular flexibility index (Phi) is 3.98. The van der Waals surface area contributed by atoms with Crippen LogP contribution in [0.5, 0.6) is 0 Å². The topological polar surface area (TPSA) is 158 Å². The highest BCUT2D eigenvalue weighted by molar-refractivity contribution is 6.20. The molecule has 0 bridgehead atoms. The van der Waals surface area contributed by atoms with Crippen LogP contribution >= 0.6 is 0 Å². The minimum atomic E-state index is -2.38. The van der Waals surface area contributed by atoms with Gasteiger partial charge in [0, 0.05) is 17.9 Å². The molecule has 8 heteroatoms. The van der Waals surface area contributed by atoms with E-state index in [4.69, 9.17) is 5.73 Å². The molecular weight excluding hydrogens is 354 g/mol. The van der Waals surface area contributed by atoms with Crippen LogP contribution in [0.15, 0.2) is 22.7 Å². The fourth-order valence-electron chi connectivity index (χ4n) is 5.66. The third kappa shape index (κ3) is 2.32. The highest BCUT2D eigenvalue weighted by Gasteiger charge is 2.60. The van der Waals surface area contributed by atoms with E-state index in [0.29, 0.717) is 12.8 Å². The molecule has 6 atom stereocenters. The number of carbonyl (C=O) groups is 3. The quantitative estimate of drug-likeness (QED) is 0.408. The molecule has 0 saturated heterocycles. The highest BCUT2D eigenvalue weighted by atomic mass is 16.4. The third-order valence-electron chi connectivity index (χ3n) is 6.89. The standard InChI is InChI=1S/C19H23NO7/c20-18(26)14-11(22)6-9-5-8-4-7-2-1-3-10(21)12(7)15(23)13(8)16(24)19(9,27)17(14)25/h7-10,12,21,24-25,27H,1-6H2,(H2,20,26). The van der Waals surface area contributed by atoms with Gasteiger partial charge in [0.15, 0.2) is 17.2 Å². The maximum absolute atomic E-state index is 13.1. The maximum atomic E-state index is 13.1. The van der Waals surface area contributed by atoms with Crippen molar-refractivity contribution in [2.75, 3.05) is 0 Å². The van der Waals surface area contributed by atoms with Crippen LogP contribution in [0.25, 0.3) is 0 Å². The lowest BCUT2D eigenvalue weighted by atomic mass is 9.56. The number of carbonyl (C=O) groups excluding carboxylic acids is 3. The van der Waals surface area contributed by atoms with Crippen LogP contribution in [0.4, 0.5) is 0 Å². The van der Waals surface area contributed by atoms with Gasteiger partial charge < -0.3 is 26.2 Å². The molecule has 4 aliphatic rings. The van der Waals surface area contributed by atoms with Crippen molar-refractivity contribution >= 4 is 17.5 Å². The van der Waals surface area contributed by atoms with Gasteiger partial charge in [-0.05, 0) is 37.5 Å². The van der Waals surface area contributed by atoms with E-state index in [1.807, 2.05) is 0 Å². The summed E-state index contributed by atoms with van der Waals surface area (Å²) in [5.74, 6) is -5.84. The smallest absolute Gasteiger partial charge is 0.255 e. The number of primary amides is 1. The summed E-state index contributed by atoms with van der Waals surface area (Å²) in [6, 6.07) is 0. The second-order valence-electron chi connectivity index (χ2n) is 8.26. The summed E-state index contributed by atoms with van der Waals surface area (Å²) in [4.78, 5) is 36.8. The Hall–Kier alpha value is -2.19. The summed E-state index contributed by atoms with van der Waals surface area (Å²) in [5, 5.41) is 42.7. The van der Waals surface area contributed by atoms with Gasteiger partial charge in [-0.15, -0.1) is 0 Å². The number of allylic oxidation sites excluding steroid dienone is 1. The lowest BCUT2D eigenvalue weighted by Crippen LogP contribution is -2.55. The molecule has 0 heterocycles. The number of ketones is 2. The zero-order valence-corrected chi connectivity index (χ0v) is 14.7. The Balaban J connectivity index is 1.86. The third-order valence-corrected chi connectivity index (χ3v) is 6.89. The fourth-order valence-corrected chi connectivity index (χ4v) is 5.66. The van der Waals surface area contributed by atoms with Crippen LogP contribution in [0.3, 0.4) is 0 Å². The summed E-state index contributed by atoms with van der Waals surface area (Å²) in [6.07, 6.45) is 1.88. The number of rotatable bonds is 1. The maximum Gasteiger partial charge on any atom is 0.255 e. The zero-order valence-electron chi connectivity index (χ0n) is 14.7. The van der Waals surface area contributed by atoms with Crippen molar-refractivity contribution in [1.29, 1.82) is 0 Å². The van der Waals surface area contributed by atoms with Gasteiger partial charge in [0.1, 0.15) is 17.1 Å². The average Bonchev–Trinajstić information content (AvgIpc) is 2.57. The largest absolute Gasteiger partial charge is 0.508 e. The monoisotopic (exact) mass is 377 g/mol. The second kappa shape index (κ2) is 5.90. The first-order valence-corrected chi connectivity index (χ1v) is 9.32. The molecular formula is C19H23NO7. The molecule has 4 rings (SSSR count). The van der Waals surface area contributed by atoms with E-state index < -0.39 is 58.1 Å². The number of nitrogens with two attached hydrogens (primary N) is 1. The number of hydrogen-bond acceptors (Lipinski definition) is 7. The molecule has 0 aromatic carbocycles. The fraction of sp³-hybridized carbons (Fsp3) is 0.632. The molecule has 1 amide bonds. The zero-order chi connectivity index (χ0) is 19.7. The van der Waals surface area contributed by atoms with Gasteiger partial charge in [-0.3, -0.25) is 14.4 Å². The van der Waals surface area contributed by atoms with E-state index in [-0.39, 0.29) is 30.3 Å². The predicted octanol–water partition coefficient (Wildman–Crippen LogP) is 0.186. The molecule has 6 N–H and O–H groups in total. The Morgan fingerprint density at radius 1 is 1.11 bits per heavy atom. The molecule has 0 aromatic heterocycles.